The predicted octanol–water partition coefficient (Wildman–Crippen LogP) is 3.55. The van der Waals surface area contributed by atoms with Gasteiger partial charge in [0.15, 0.2) is 11.5 Å². The molecule has 0 bridgehead atoms. The van der Waals surface area contributed by atoms with E-state index in [4.69, 9.17) is 14.5 Å². The Balaban J connectivity index is 1.91. The summed E-state index contributed by atoms with van der Waals surface area (Å²) >= 11 is 0. The number of nitrogens with one attached hydrogen (secondary N) is 1. The Morgan fingerprint density at radius 2 is 1.77 bits per heavy atom. The average molecular weight is 355 g/mol. The van der Waals surface area contributed by atoms with Crippen LogP contribution >= 0.6 is 0 Å². The molecule has 0 atom stereocenters. The van der Waals surface area contributed by atoms with Crippen molar-refractivity contribution >= 4 is 12.1 Å². The molecule has 6 heteroatoms. The zero-order valence-electron chi connectivity index (χ0n) is 15.3. The fourth-order valence-electron chi connectivity index (χ4n) is 2.96. The number of rotatable bonds is 4. The van der Waals surface area contributed by atoms with Crippen molar-refractivity contribution in [2.24, 2.45) is 10.1 Å². The van der Waals surface area contributed by atoms with Gasteiger partial charge in [-0.3, -0.25) is 10.4 Å². The van der Waals surface area contributed by atoms with Crippen LogP contribution in [0.3, 0.4) is 0 Å². The summed E-state index contributed by atoms with van der Waals surface area (Å²) in [7, 11) is 3.23. The summed E-state index contributed by atoms with van der Waals surface area (Å²) in [5.74, 6) is 1.72. The lowest BCUT2D eigenvalue weighted by Crippen LogP contribution is -2.34. The Labute approximate surface area is 152 Å². The zero-order chi connectivity index (χ0) is 18.7. The highest BCUT2D eigenvalue weighted by Gasteiger charge is 2.28. The first-order chi connectivity index (χ1) is 12.4. The van der Waals surface area contributed by atoms with Gasteiger partial charge in [0.2, 0.25) is 0 Å². The summed E-state index contributed by atoms with van der Waals surface area (Å²) in [4.78, 5) is 4.77. The van der Waals surface area contributed by atoms with E-state index in [9.17, 15) is 4.39 Å². The molecule has 3 rings (SSSR count). The Morgan fingerprint density at radius 1 is 1.12 bits per heavy atom. The van der Waals surface area contributed by atoms with Gasteiger partial charge < -0.3 is 9.47 Å². The lowest BCUT2D eigenvalue weighted by atomic mass is 9.88. The molecule has 0 aliphatic carbocycles. The van der Waals surface area contributed by atoms with Gasteiger partial charge >= 0.3 is 0 Å². The fraction of sp³-hybridized carbons (Fsp3) is 0.300. The van der Waals surface area contributed by atoms with Gasteiger partial charge in [-0.1, -0.05) is 12.1 Å². The smallest absolute Gasteiger partial charge is 0.161 e. The molecule has 0 saturated heterocycles. The third-order valence-electron chi connectivity index (χ3n) is 4.16. The topological polar surface area (TPSA) is 55.2 Å². The molecule has 0 amide bonds. The van der Waals surface area contributed by atoms with Crippen molar-refractivity contribution in [2.75, 3.05) is 14.2 Å². The quantitative estimate of drug-likeness (QED) is 0.674. The van der Waals surface area contributed by atoms with Crippen molar-refractivity contribution in [3.63, 3.8) is 0 Å². The molecule has 1 aliphatic heterocycles. The Kier molecular flexibility index (Phi) is 4.93. The van der Waals surface area contributed by atoms with E-state index in [1.165, 1.54) is 12.1 Å². The predicted molar refractivity (Wildman–Crippen MR) is 101 cm³/mol. The van der Waals surface area contributed by atoms with Crippen molar-refractivity contribution in [2.45, 2.75) is 25.8 Å². The van der Waals surface area contributed by atoms with Crippen LogP contribution in [0.15, 0.2) is 46.5 Å². The van der Waals surface area contributed by atoms with Crippen LogP contribution in [0, 0.1) is 5.82 Å². The minimum Gasteiger partial charge on any atom is -0.493 e. The van der Waals surface area contributed by atoms with Crippen molar-refractivity contribution < 1.29 is 13.9 Å². The van der Waals surface area contributed by atoms with Gasteiger partial charge in [-0.05, 0) is 55.7 Å². The third kappa shape index (κ3) is 3.85. The normalized spacial score (nSPS) is 15.3. The summed E-state index contributed by atoms with van der Waals surface area (Å²) in [5, 5.41) is 4.26. The second-order valence-corrected chi connectivity index (χ2v) is 6.74. The molecular weight excluding hydrogens is 333 g/mol. The number of hydrazone groups is 1. The number of hydrogen-bond acceptors (Lipinski definition) is 5. The number of fused-ring (bicyclic) bond motifs is 1. The Hall–Kier alpha value is -2.89. The van der Waals surface area contributed by atoms with Gasteiger partial charge in [0.05, 0.1) is 26.0 Å². The molecule has 2 aromatic rings. The maximum absolute atomic E-state index is 13.0. The number of nitrogens with zero attached hydrogens (tertiary/aromatic N) is 2. The molecule has 26 heavy (non-hydrogen) atoms. The maximum atomic E-state index is 13.0. The number of halogens is 1. The van der Waals surface area contributed by atoms with Crippen LogP contribution in [0.5, 0.6) is 11.5 Å². The molecule has 136 valence electrons. The molecule has 0 aromatic heterocycles. The summed E-state index contributed by atoms with van der Waals surface area (Å²) in [5.41, 5.74) is 5.59. The number of hydrogen-bond donors (Lipinski definition) is 1. The lowest BCUT2D eigenvalue weighted by molar-refractivity contribution is 0.353. The van der Waals surface area contributed by atoms with E-state index in [2.05, 4.69) is 24.4 Å². The van der Waals surface area contributed by atoms with Crippen molar-refractivity contribution in [1.82, 2.24) is 5.43 Å². The van der Waals surface area contributed by atoms with Crippen molar-refractivity contribution in [3.05, 3.63) is 58.9 Å². The van der Waals surface area contributed by atoms with Crippen LogP contribution in [0.25, 0.3) is 0 Å². The first-order valence-corrected chi connectivity index (χ1v) is 8.31. The van der Waals surface area contributed by atoms with Crippen LogP contribution in [-0.4, -0.2) is 31.8 Å². The number of ether oxygens (including phenoxy) is 2. The SMILES string of the molecule is COc1cc2c(cc1OC)C(N/N=C/c1ccc(F)cc1)=NC(C)(C)C2. The standard InChI is InChI=1S/C20H22FN3O2/c1-20(2)11-14-9-17(25-3)18(26-4)10-16(14)19(23-20)24-22-12-13-5-7-15(21)8-6-13/h5-10,12H,11H2,1-4H3,(H,23,24)/b22-12+. The molecular formula is C20H22FN3O2. The first-order valence-electron chi connectivity index (χ1n) is 8.31. The van der Waals surface area contributed by atoms with E-state index in [1.54, 1.807) is 32.6 Å². The molecule has 1 heterocycles. The number of aliphatic imine (C=N–C) groups is 1. The molecule has 0 spiro atoms. The van der Waals surface area contributed by atoms with Crippen molar-refractivity contribution in [3.8, 4) is 11.5 Å². The zero-order valence-corrected chi connectivity index (χ0v) is 15.3. The van der Waals surface area contributed by atoms with Crippen LogP contribution in [0.2, 0.25) is 0 Å². The number of amidine groups is 1. The van der Waals surface area contributed by atoms with Crippen LogP contribution in [0.1, 0.15) is 30.5 Å². The molecule has 0 saturated carbocycles. The highest BCUT2D eigenvalue weighted by Crippen LogP contribution is 2.35. The van der Waals surface area contributed by atoms with E-state index >= 15 is 0 Å². The van der Waals surface area contributed by atoms with Gasteiger partial charge in [0.25, 0.3) is 0 Å². The minimum absolute atomic E-state index is 0.264. The highest BCUT2D eigenvalue weighted by atomic mass is 19.1. The Morgan fingerprint density at radius 3 is 2.42 bits per heavy atom. The molecule has 5 nitrogen and oxygen atoms in total. The van der Waals surface area contributed by atoms with Crippen LogP contribution in [-0.2, 0) is 6.42 Å². The summed E-state index contributed by atoms with van der Waals surface area (Å²) in [6.07, 6.45) is 2.42. The monoisotopic (exact) mass is 355 g/mol. The maximum Gasteiger partial charge on any atom is 0.161 e. The van der Waals surface area contributed by atoms with Gasteiger partial charge in [0.1, 0.15) is 11.7 Å². The molecule has 0 radical (unpaired) electrons. The van der Waals surface area contributed by atoms with Crippen LogP contribution < -0.4 is 14.9 Å². The van der Waals surface area contributed by atoms with Gasteiger partial charge in [-0.15, -0.1) is 0 Å². The molecule has 1 aliphatic rings. The second-order valence-electron chi connectivity index (χ2n) is 6.74. The summed E-state index contributed by atoms with van der Waals surface area (Å²) in [6, 6.07) is 10.0. The van der Waals surface area contributed by atoms with Crippen molar-refractivity contribution in [1.29, 1.82) is 0 Å². The minimum atomic E-state index is -0.275. The van der Waals surface area contributed by atoms with E-state index < -0.39 is 0 Å². The highest BCUT2D eigenvalue weighted by molar-refractivity contribution is 6.02. The van der Waals surface area contributed by atoms with Gasteiger partial charge in [-0.2, -0.15) is 5.10 Å². The lowest BCUT2D eigenvalue weighted by Gasteiger charge is -2.29. The van der Waals surface area contributed by atoms with E-state index in [0.29, 0.717) is 17.3 Å². The third-order valence-corrected chi connectivity index (χ3v) is 4.16. The van der Waals surface area contributed by atoms with E-state index in [1.807, 2.05) is 12.1 Å². The molecule has 2 aromatic carbocycles. The molecule has 0 fully saturated rings. The summed E-state index contributed by atoms with van der Waals surface area (Å²) < 4.78 is 23.8. The fourth-order valence-corrected chi connectivity index (χ4v) is 2.96. The average Bonchev–Trinajstić information content (AvgIpc) is 2.61. The van der Waals surface area contributed by atoms with Crippen LogP contribution in [0.4, 0.5) is 4.39 Å². The summed E-state index contributed by atoms with van der Waals surface area (Å²) in [6.45, 7) is 4.13. The van der Waals surface area contributed by atoms with Gasteiger partial charge in [-0.25, -0.2) is 4.39 Å². The first kappa shape index (κ1) is 17.9. The van der Waals surface area contributed by atoms with Gasteiger partial charge in [0, 0.05) is 5.56 Å². The number of benzene rings is 2. The molecule has 0 unspecified atom stereocenters. The molecule has 1 N–H and O–H groups in total. The number of methoxy groups -OCH3 is 2. The second kappa shape index (κ2) is 7.15. The van der Waals surface area contributed by atoms with E-state index in [-0.39, 0.29) is 11.4 Å². The largest absolute Gasteiger partial charge is 0.493 e. The Bertz CT molecular complexity index is 858. The van der Waals surface area contributed by atoms with E-state index in [0.717, 1.165) is 23.1 Å².